The van der Waals surface area contributed by atoms with Gasteiger partial charge in [0.15, 0.2) is 11.5 Å². The van der Waals surface area contributed by atoms with E-state index in [0.717, 1.165) is 10.6 Å². The zero-order valence-corrected chi connectivity index (χ0v) is 11.8. The van der Waals surface area contributed by atoms with Crippen molar-refractivity contribution >= 4 is 45.9 Å². The quantitative estimate of drug-likeness (QED) is 0.855. The third-order valence-electron chi connectivity index (χ3n) is 2.63. The van der Waals surface area contributed by atoms with Crippen LogP contribution in [0.1, 0.15) is 4.88 Å². The normalized spacial score (nSPS) is 16.1. The summed E-state index contributed by atoms with van der Waals surface area (Å²) in [4.78, 5) is 0.810. The lowest BCUT2D eigenvalue weighted by Crippen LogP contribution is -2.28. The molecule has 0 bridgehead atoms. The molecule has 100 valence electrons. The summed E-state index contributed by atoms with van der Waals surface area (Å²) >= 11 is 7.59. The Bertz CT molecular complexity index is 717. The number of hydrazone groups is 1. The average molecular weight is 304 g/mol. The van der Waals surface area contributed by atoms with Crippen molar-refractivity contribution in [2.24, 2.45) is 21.0 Å². The van der Waals surface area contributed by atoms with Crippen LogP contribution in [0.15, 0.2) is 57.1 Å². The average Bonchev–Trinajstić information content (AvgIpc) is 3.04. The fourth-order valence-corrected chi connectivity index (χ4v) is 2.81. The summed E-state index contributed by atoms with van der Waals surface area (Å²) in [5.41, 5.74) is 10.7. The minimum absolute atomic E-state index is 0.271. The summed E-state index contributed by atoms with van der Waals surface area (Å²) < 4.78 is 0. The Labute approximate surface area is 124 Å². The van der Waals surface area contributed by atoms with Crippen LogP contribution >= 0.6 is 22.9 Å². The predicted octanol–water partition coefficient (Wildman–Crippen LogP) is 2.94. The number of nitrogens with two attached hydrogens (primary N) is 1. The molecular formula is C13H10ClN5S. The van der Waals surface area contributed by atoms with Gasteiger partial charge in [-0.3, -0.25) is 5.43 Å². The number of halogens is 1. The first-order chi connectivity index (χ1) is 9.75. The van der Waals surface area contributed by atoms with Gasteiger partial charge in [-0.15, -0.1) is 21.5 Å². The van der Waals surface area contributed by atoms with Gasteiger partial charge in [-0.2, -0.15) is 5.10 Å². The van der Waals surface area contributed by atoms with Gasteiger partial charge in [-0.25, -0.2) is 0 Å². The lowest BCUT2D eigenvalue weighted by molar-refractivity contribution is 1.26. The number of hydrogen-bond acceptors (Lipinski definition) is 6. The molecule has 1 aromatic heterocycles. The molecule has 1 aliphatic rings. The molecule has 0 spiro atoms. The smallest absolute Gasteiger partial charge is 0.176 e. The SMILES string of the molecule is NC1=NN=C(c2sccc2Cl)/C1=N\Nc1ccccc1. The van der Waals surface area contributed by atoms with Gasteiger partial charge in [-0.1, -0.05) is 29.8 Å². The number of nitrogens with zero attached hydrogens (tertiary/aromatic N) is 3. The van der Waals surface area contributed by atoms with Crippen LogP contribution < -0.4 is 11.2 Å². The van der Waals surface area contributed by atoms with E-state index in [2.05, 4.69) is 20.7 Å². The molecule has 0 unspecified atom stereocenters. The fraction of sp³-hybridized carbons (Fsp3) is 0. The predicted molar refractivity (Wildman–Crippen MR) is 85.0 cm³/mol. The maximum atomic E-state index is 6.11. The summed E-state index contributed by atoms with van der Waals surface area (Å²) in [6, 6.07) is 11.4. The van der Waals surface area contributed by atoms with E-state index in [1.807, 2.05) is 35.7 Å². The fourth-order valence-electron chi connectivity index (χ4n) is 1.68. The molecule has 1 aliphatic heterocycles. The molecule has 7 heteroatoms. The molecule has 0 saturated carbocycles. The van der Waals surface area contributed by atoms with E-state index < -0.39 is 0 Å². The Morgan fingerprint density at radius 2 is 1.95 bits per heavy atom. The Morgan fingerprint density at radius 1 is 1.15 bits per heavy atom. The Hall–Kier alpha value is -2.18. The maximum absolute atomic E-state index is 6.11. The van der Waals surface area contributed by atoms with Gasteiger partial charge >= 0.3 is 0 Å². The Balaban J connectivity index is 1.89. The molecule has 0 saturated heterocycles. The zero-order chi connectivity index (χ0) is 13.9. The monoisotopic (exact) mass is 303 g/mol. The van der Waals surface area contributed by atoms with E-state index in [1.54, 1.807) is 6.07 Å². The van der Waals surface area contributed by atoms with E-state index in [1.165, 1.54) is 11.3 Å². The molecule has 5 nitrogen and oxygen atoms in total. The van der Waals surface area contributed by atoms with Crippen molar-refractivity contribution in [3.63, 3.8) is 0 Å². The van der Waals surface area contributed by atoms with Crippen molar-refractivity contribution in [3.05, 3.63) is 51.7 Å². The van der Waals surface area contributed by atoms with E-state index in [-0.39, 0.29) is 5.84 Å². The van der Waals surface area contributed by atoms with Gasteiger partial charge in [0.1, 0.15) is 5.71 Å². The summed E-state index contributed by atoms with van der Waals surface area (Å²) in [5, 5.41) is 14.7. The van der Waals surface area contributed by atoms with Gasteiger partial charge in [0.2, 0.25) is 0 Å². The number of anilines is 1. The molecule has 2 heterocycles. The standard InChI is InChI=1S/C13H10ClN5S/c14-9-6-7-20-12(9)10-11(13(15)19-17-10)18-16-8-4-2-1-3-5-8/h1-7,16H,(H2,15,18,19). The van der Waals surface area contributed by atoms with Gasteiger partial charge in [0.05, 0.1) is 15.6 Å². The number of hydrogen-bond donors (Lipinski definition) is 2. The molecule has 2 aromatic rings. The molecular weight excluding hydrogens is 294 g/mol. The van der Waals surface area contributed by atoms with Crippen LogP contribution in [0, 0.1) is 0 Å². The minimum atomic E-state index is 0.271. The molecule has 0 amide bonds. The summed E-state index contributed by atoms with van der Waals surface area (Å²) in [7, 11) is 0. The second kappa shape index (κ2) is 5.44. The zero-order valence-electron chi connectivity index (χ0n) is 10.2. The van der Waals surface area contributed by atoms with Crippen LogP contribution in [0.2, 0.25) is 5.02 Å². The summed E-state index contributed by atoms with van der Waals surface area (Å²) in [5.74, 6) is 0.271. The number of para-hydroxylation sites is 1. The molecule has 0 atom stereocenters. The molecule has 3 N–H and O–H groups in total. The summed E-state index contributed by atoms with van der Waals surface area (Å²) in [6.45, 7) is 0. The number of benzene rings is 1. The topological polar surface area (TPSA) is 75.1 Å². The Kier molecular flexibility index (Phi) is 3.49. The number of rotatable bonds is 3. The number of thiophene rings is 1. The highest BCUT2D eigenvalue weighted by Gasteiger charge is 2.24. The van der Waals surface area contributed by atoms with Crippen LogP contribution in [-0.4, -0.2) is 17.3 Å². The highest BCUT2D eigenvalue weighted by Crippen LogP contribution is 2.25. The van der Waals surface area contributed by atoms with Gasteiger partial charge in [-0.05, 0) is 23.6 Å². The highest BCUT2D eigenvalue weighted by atomic mass is 35.5. The van der Waals surface area contributed by atoms with Crippen molar-refractivity contribution in [2.75, 3.05) is 5.43 Å². The van der Waals surface area contributed by atoms with E-state index in [0.29, 0.717) is 16.4 Å². The summed E-state index contributed by atoms with van der Waals surface area (Å²) in [6.07, 6.45) is 0. The van der Waals surface area contributed by atoms with E-state index in [4.69, 9.17) is 17.3 Å². The third-order valence-corrected chi connectivity index (χ3v) is 3.98. The molecule has 1 aromatic carbocycles. The van der Waals surface area contributed by atoms with Crippen molar-refractivity contribution < 1.29 is 0 Å². The maximum Gasteiger partial charge on any atom is 0.176 e. The first-order valence-corrected chi connectivity index (χ1v) is 7.05. The van der Waals surface area contributed by atoms with Gasteiger partial charge in [0.25, 0.3) is 0 Å². The van der Waals surface area contributed by atoms with Crippen LogP contribution in [0.5, 0.6) is 0 Å². The lowest BCUT2D eigenvalue weighted by atomic mass is 10.2. The molecule has 0 radical (unpaired) electrons. The highest BCUT2D eigenvalue weighted by molar-refractivity contribution is 7.14. The van der Waals surface area contributed by atoms with Crippen LogP contribution in [0.25, 0.3) is 0 Å². The first-order valence-electron chi connectivity index (χ1n) is 5.79. The number of nitrogens with one attached hydrogen (secondary N) is 1. The molecule has 3 rings (SSSR count). The lowest BCUT2D eigenvalue weighted by Gasteiger charge is -2.04. The van der Waals surface area contributed by atoms with Crippen LogP contribution in [0.3, 0.4) is 0 Å². The number of amidine groups is 1. The van der Waals surface area contributed by atoms with Crippen LogP contribution in [0.4, 0.5) is 5.69 Å². The second-order valence-corrected chi connectivity index (χ2v) is 5.29. The second-order valence-electron chi connectivity index (χ2n) is 3.97. The van der Waals surface area contributed by atoms with Crippen molar-refractivity contribution in [2.45, 2.75) is 0 Å². The van der Waals surface area contributed by atoms with Crippen molar-refractivity contribution in [1.82, 2.24) is 0 Å². The molecule has 0 aliphatic carbocycles. The van der Waals surface area contributed by atoms with Crippen LogP contribution in [-0.2, 0) is 0 Å². The third kappa shape index (κ3) is 2.43. The molecule has 0 fully saturated rings. The Morgan fingerprint density at radius 3 is 2.65 bits per heavy atom. The van der Waals surface area contributed by atoms with Crippen molar-refractivity contribution in [3.8, 4) is 0 Å². The molecule has 20 heavy (non-hydrogen) atoms. The van der Waals surface area contributed by atoms with Gasteiger partial charge < -0.3 is 5.73 Å². The minimum Gasteiger partial charge on any atom is -0.380 e. The first kappa shape index (κ1) is 12.8. The van der Waals surface area contributed by atoms with E-state index in [9.17, 15) is 0 Å². The van der Waals surface area contributed by atoms with E-state index >= 15 is 0 Å². The van der Waals surface area contributed by atoms with Crippen molar-refractivity contribution in [1.29, 1.82) is 0 Å². The largest absolute Gasteiger partial charge is 0.380 e. The van der Waals surface area contributed by atoms with Gasteiger partial charge in [0, 0.05) is 0 Å².